The van der Waals surface area contributed by atoms with E-state index in [0.717, 1.165) is 18.7 Å². The van der Waals surface area contributed by atoms with Crippen molar-refractivity contribution >= 4 is 17.5 Å². The molecule has 7 heteroatoms. The molecule has 0 bridgehead atoms. The van der Waals surface area contributed by atoms with E-state index in [4.69, 9.17) is 9.47 Å². The molecular formula is C24H31N3O4. The highest BCUT2D eigenvalue weighted by Crippen LogP contribution is 2.36. The molecule has 0 aromatic heterocycles. The van der Waals surface area contributed by atoms with Crippen molar-refractivity contribution in [2.75, 3.05) is 39.3 Å². The van der Waals surface area contributed by atoms with Crippen LogP contribution in [0, 0.1) is 5.92 Å². The Labute approximate surface area is 183 Å². The van der Waals surface area contributed by atoms with Crippen LogP contribution in [-0.2, 0) is 22.7 Å². The summed E-state index contributed by atoms with van der Waals surface area (Å²) >= 11 is 0. The van der Waals surface area contributed by atoms with Gasteiger partial charge in [-0.05, 0) is 36.9 Å². The molecule has 2 aromatic carbocycles. The van der Waals surface area contributed by atoms with Gasteiger partial charge in [-0.25, -0.2) is 0 Å². The molecule has 0 radical (unpaired) electrons. The van der Waals surface area contributed by atoms with E-state index in [1.807, 2.05) is 12.1 Å². The molecule has 0 aliphatic carbocycles. The Morgan fingerprint density at radius 1 is 1.16 bits per heavy atom. The SMILES string of the molecule is CCN(C)Cc1cccc(CNC(=O)C2CC(=O)N(c3cc(OC)ccc3OC)C2)c1. The zero-order valence-corrected chi connectivity index (χ0v) is 18.7. The van der Waals surface area contributed by atoms with Crippen molar-refractivity contribution in [3.63, 3.8) is 0 Å². The predicted molar refractivity (Wildman–Crippen MR) is 120 cm³/mol. The minimum absolute atomic E-state index is 0.101. The van der Waals surface area contributed by atoms with E-state index < -0.39 is 5.92 Å². The highest BCUT2D eigenvalue weighted by molar-refractivity contribution is 6.01. The predicted octanol–water partition coefficient (Wildman–Crippen LogP) is 2.82. The van der Waals surface area contributed by atoms with Gasteiger partial charge in [0.15, 0.2) is 0 Å². The number of nitrogens with zero attached hydrogens (tertiary/aromatic N) is 2. The summed E-state index contributed by atoms with van der Waals surface area (Å²) in [5.41, 5.74) is 2.88. The van der Waals surface area contributed by atoms with Crippen LogP contribution in [0.1, 0.15) is 24.5 Å². The Balaban J connectivity index is 1.63. The number of hydrogen-bond donors (Lipinski definition) is 1. The molecule has 1 N–H and O–H groups in total. The summed E-state index contributed by atoms with van der Waals surface area (Å²) in [7, 11) is 5.21. The molecular weight excluding hydrogens is 394 g/mol. The van der Waals surface area contributed by atoms with Crippen molar-refractivity contribution in [2.24, 2.45) is 5.92 Å². The fourth-order valence-electron chi connectivity index (χ4n) is 3.72. The second-order valence-electron chi connectivity index (χ2n) is 7.81. The minimum Gasteiger partial charge on any atom is -0.497 e. The standard InChI is InChI=1S/C24H31N3O4/c1-5-26(2)15-18-8-6-7-17(11-18)14-25-24(29)19-12-23(28)27(16-19)21-13-20(30-3)9-10-22(21)31-4/h6-11,13,19H,5,12,14-16H2,1-4H3,(H,25,29). The van der Waals surface area contributed by atoms with Gasteiger partial charge < -0.3 is 24.6 Å². The number of methoxy groups -OCH3 is 2. The lowest BCUT2D eigenvalue weighted by molar-refractivity contribution is -0.126. The lowest BCUT2D eigenvalue weighted by atomic mass is 10.1. The number of anilines is 1. The molecule has 1 heterocycles. The van der Waals surface area contributed by atoms with Crippen LogP contribution in [-0.4, -0.2) is 51.1 Å². The van der Waals surface area contributed by atoms with E-state index in [1.54, 1.807) is 37.3 Å². The number of hydrogen-bond acceptors (Lipinski definition) is 5. The Morgan fingerprint density at radius 2 is 1.94 bits per heavy atom. The highest BCUT2D eigenvalue weighted by atomic mass is 16.5. The maximum Gasteiger partial charge on any atom is 0.227 e. The number of carbonyl (C=O) groups excluding carboxylic acids is 2. The average Bonchev–Trinajstić information content (AvgIpc) is 3.18. The minimum atomic E-state index is -0.405. The molecule has 1 aliphatic heterocycles. The molecule has 2 aromatic rings. The number of carbonyl (C=O) groups is 2. The third-order valence-electron chi connectivity index (χ3n) is 5.62. The zero-order valence-electron chi connectivity index (χ0n) is 18.7. The summed E-state index contributed by atoms with van der Waals surface area (Å²) in [5, 5.41) is 2.99. The van der Waals surface area contributed by atoms with Gasteiger partial charge in [0.1, 0.15) is 11.5 Å². The lowest BCUT2D eigenvalue weighted by Crippen LogP contribution is -2.32. The molecule has 166 valence electrons. The first-order chi connectivity index (χ1) is 14.9. The van der Waals surface area contributed by atoms with Crippen molar-refractivity contribution < 1.29 is 19.1 Å². The van der Waals surface area contributed by atoms with Gasteiger partial charge in [-0.3, -0.25) is 9.59 Å². The largest absolute Gasteiger partial charge is 0.497 e. The van der Waals surface area contributed by atoms with Crippen LogP contribution in [0.2, 0.25) is 0 Å². The van der Waals surface area contributed by atoms with Crippen molar-refractivity contribution in [1.82, 2.24) is 10.2 Å². The Kier molecular flexibility index (Phi) is 7.52. The summed E-state index contributed by atoms with van der Waals surface area (Å²) in [6.07, 6.45) is 0.174. The smallest absolute Gasteiger partial charge is 0.227 e. The fourth-order valence-corrected chi connectivity index (χ4v) is 3.72. The monoisotopic (exact) mass is 425 g/mol. The third-order valence-corrected chi connectivity index (χ3v) is 5.62. The van der Waals surface area contributed by atoms with Crippen molar-refractivity contribution in [3.8, 4) is 11.5 Å². The van der Waals surface area contributed by atoms with Gasteiger partial charge in [0.25, 0.3) is 0 Å². The number of benzene rings is 2. The maximum atomic E-state index is 12.8. The van der Waals surface area contributed by atoms with Crippen LogP contribution < -0.4 is 19.7 Å². The van der Waals surface area contributed by atoms with Crippen LogP contribution in [0.15, 0.2) is 42.5 Å². The van der Waals surface area contributed by atoms with Crippen LogP contribution in [0.3, 0.4) is 0 Å². The summed E-state index contributed by atoms with van der Waals surface area (Å²) in [4.78, 5) is 29.3. The number of nitrogens with one attached hydrogen (secondary N) is 1. The first kappa shape index (κ1) is 22.6. The van der Waals surface area contributed by atoms with Crippen molar-refractivity contribution in [3.05, 3.63) is 53.6 Å². The van der Waals surface area contributed by atoms with Crippen molar-refractivity contribution in [2.45, 2.75) is 26.4 Å². The summed E-state index contributed by atoms with van der Waals surface area (Å²) < 4.78 is 10.7. The van der Waals surface area contributed by atoms with Gasteiger partial charge in [0.2, 0.25) is 11.8 Å². The lowest BCUT2D eigenvalue weighted by Gasteiger charge is -2.20. The van der Waals surface area contributed by atoms with Gasteiger partial charge in [-0.15, -0.1) is 0 Å². The van der Waals surface area contributed by atoms with Crippen molar-refractivity contribution in [1.29, 1.82) is 0 Å². The topological polar surface area (TPSA) is 71.1 Å². The molecule has 1 unspecified atom stereocenters. The molecule has 1 fully saturated rings. The van der Waals surface area contributed by atoms with E-state index in [0.29, 0.717) is 30.3 Å². The molecule has 7 nitrogen and oxygen atoms in total. The number of rotatable bonds is 9. The third kappa shape index (κ3) is 5.55. The van der Waals surface area contributed by atoms with Crippen LogP contribution in [0.4, 0.5) is 5.69 Å². The maximum absolute atomic E-state index is 12.8. The van der Waals surface area contributed by atoms with E-state index in [9.17, 15) is 9.59 Å². The normalized spacial score (nSPS) is 16.0. The molecule has 0 saturated carbocycles. The first-order valence-electron chi connectivity index (χ1n) is 10.5. The molecule has 1 atom stereocenters. The van der Waals surface area contributed by atoms with Gasteiger partial charge in [-0.2, -0.15) is 0 Å². The Hall–Kier alpha value is -3.06. The zero-order chi connectivity index (χ0) is 22.4. The second-order valence-corrected chi connectivity index (χ2v) is 7.81. The van der Waals surface area contributed by atoms with Crippen LogP contribution in [0.25, 0.3) is 0 Å². The Bertz CT molecular complexity index is 931. The molecule has 2 amide bonds. The van der Waals surface area contributed by atoms with E-state index in [1.165, 1.54) is 5.56 Å². The van der Waals surface area contributed by atoms with E-state index in [2.05, 4.69) is 36.3 Å². The Morgan fingerprint density at radius 3 is 2.65 bits per heavy atom. The molecule has 1 saturated heterocycles. The fraction of sp³-hybridized carbons (Fsp3) is 0.417. The van der Waals surface area contributed by atoms with Crippen LogP contribution in [0.5, 0.6) is 11.5 Å². The molecule has 31 heavy (non-hydrogen) atoms. The number of amides is 2. The van der Waals surface area contributed by atoms with Gasteiger partial charge in [-0.1, -0.05) is 31.2 Å². The van der Waals surface area contributed by atoms with Crippen LogP contribution >= 0.6 is 0 Å². The summed E-state index contributed by atoms with van der Waals surface area (Å²) in [6.45, 7) is 4.72. The summed E-state index contributed by atoms with van der Waals surface area (Å²) in [5.74, 6) is 0.581. The van der Waals surface area contributed by atoms with Gasteiger partial charge in [0, 0.05) is 32.1 Å². The summed E-state index contributed by atoms with van der Waals surface area (Å²) in [6, 6.07) is 13.5. The van der Waals surface area contributed by atoms with Gasteiger partial charge >= 0.3 is 0 Å². The highest BCUT2D eigenvalue weighted by Gasteiger charge is 2.36. The van der Waals surface area contributed by atoms with Gasteiger partial charge in [0.05, 0.1) is 25.8 Å². The van der Waals surface area contributed by atoms with E-state index in [-0.39, 0.29) is 18.2 Å². The number of ether oxygens (including phenoxy) is 2. The quantitative estimate of drug-likeness (QED) is 0.669. The average molecular weight is 426 g/mol. The van der Waals surface area contributed by atoms with E-state index >= 15 is 0 Å². The second kappa shape index (κ2) is 10.3. The first-order valence-corrected chi connectivity index (χ1v) is 10.5. The molecule has 3 rings (SSSR count). The molecule has 0 spiro atoms. The molecule has 1 aliphatic rings.